The minimum Gasteiger partial charge on any atom is -0.493 e. The molecule has 2 rings (SSSR count). The maximum atomic E-state index is 12.2. The van der Waals surface area contributed by atoms with Crippen molar-refractivity contribution in [2.24, 2.45) is 0 Å². The van der Waals surface area contributed by atoms with Crippen molar-refractivity contribution < 1.29 is 19.2 Å². The molecule has 0 saturated carbocycles. The van der Waals surface area contributed by atoms with Crippen LogP contribution in [0.2, 0.25) is 0 Å². The molecule has 8 heteroatoms. The number of rotatable bonds is 6. The Morgan fingerprint density at radius 1 is 1.32 bits per heavy atom. The number of hydrogen-bond donors (Lipinski definition) is 1. The highest BCUT2D eigenvalue weighted by Crippen LogP contribution is 2.34. The number of benzene rings is 1. The van der Waals surface area contributed by atoms with Crippen LogP contribution in [0.5, 0.6) is 11.5 Å². The lowest BCUT2D eigenvalue weighted by Crippen LogP contribution is -2.23. The van der Waals surface area contributed by atoms with Gasteiger partial charge in [-0.2, -0.15) is 0 Å². The molecule has 1 heterocycles. The molecule has 1 N–H and O–H groups in total. The van der Waals surface area contributed by atoms with E-state index >= 15 is 0 Å². The minimum absolute atomic E-state index is 0.0702. The normalized spacial score (nSPS) is 10.1. The summed E-state index contributed by atoms with van der Waals surface area (Å²) in [5.41, 5.74) is -0.402. The second-order valence-corrected chi connectivity index (χ2v) is 5.28. The standard InChI is InChI=1S/C14H14N2O5S/c1-20-12-6-10(11(16(18)19)7-13(12)21-2)14(17)15-8-9-4-3-5-22-9/h3-7H,8H2,1-2H3,(H,15,17). The fourth-order valence-corrected chi connectivity index (χ4v) is 2.52. The summed E-state index contributed by atoms with van der Waals surface area (Å²) in [6, 6.07) is 6.22. The Hall–Kier alpha value is -2.61. The summed E-state index contributed by atoms with van der Waals surface area (Å²) in [6.45, 7) is 0.308. The van der Waals surface area contributed by atoms with Gasteiger partial charge in [0.25, 0.3) is 11.6 Å². The fourth-order valence-electron chi connectivity index (χ4n) is 1.88. The molecule has 0 aliphatic rings. The fraction of sp³-hybridized carbons (Fsp3) is 0.214. The molecule has 0 fully saturated rings. The van der Waals surface area contributed by atoms with Crippen molar-refractivity contribution in [3.63, 3.8) is 0 Å². The van der Waals surface area contributed by atoms with E-state index in [2.05, 4.69) is 5.32 Å². The summed E-state index contributed by atoms with van der Waals surface area (Å²) in [5.74, 6) is -0.0839. The molecule has 22 heavy (non-hydrogen) atoms. The summed E-state index contributed by atoms with van der Waals surface area (Å²) in [6.07, 6.45) is 0. The molecule has 0 aliphatic carbocycles. The van der Waals surface area contributed by atoms with E-state index in [4.69, 9.17) is 9.47 Å². The van der Waals surface area contributed by atoms with Crippen molar-refractivity contribution in [3.8, 4) is 11.5 Å². The molecule has 0 radical (unpaired) electrons. The van der Waals surface area contributed by atoms with E-state index in [1.165, 1.54) is 37.7 Å². The van der Waals surface area contributed by atoms with Crippen molar-refractivity contribution in [2.75, 3.05) is 14.2 Å². The zero-order valence-corrected chi connectivity index (χ0v) is 12.8. The number of methoxy groups -OCH3 is 2. The van der Waals surface area contributed by atoms with Crippen LogP contribution in [-0.2, 0) is 6.54 Å². The van der Waals surface area contributed by atoms with E-state index in [0.717, 1.165) is 4.88 Å². The van der Waals surface area contributed by atoms with E-state index in [1.807, 2.05) is 17.5 Å². The molecule has 1 aromatic heterocycles. The maximum Gasteiger partial charge on any atom is 0.286 e. The van der Waals surface area contributed by atoms with E-state index in [-0.39, 0.29) is 22.7 Å². The molecular weight excluding hydrogens is 308 g/mol. The van der Waals surface area contributed by atoms with Crippen LogP contribution in [0.3, 0.4) is 0 Å². The predicted molar refractivity (Wildman–Crippen MR) is 81.7 cm³/mol. The number of thiophene rings is 1. The van der Waals surface area contributed by atoms with Crippen LogP contribution in [0, 0.1) is 10.1 Å². The SMILES string of the molecule is COc1cc(C(=O)NCc2cccs2)c([N+](=O)[O-])cc1OC. The number of carbonyl (C=O) groups excluding carboxylic acids is 1. The number of nitrogens with one attached hydrogen (secondary N) is 1. The van der Waals surface area contributed by atoms with Gasteiger partial charge in [0.2, 0.25) is 0 Å². The van der Waals surface area contributed by atoms with Crippen molar-refractivity contribution in [1.29, 1.82) is 0 Å². The Labute approximate surface area is 130 Å². The summed E-state index contributed by atoms with van der Waals surface area (Å²) in [7, 11) is 2.77. The van der Waals surface area contributed by atoms with E-state index in [9.17, 15) is 14.9 Å². The van der Waals surface area contributed by atoms with Crippen LogP contribution in [0.15, 0.2) is 29.6 Å². The van der Waals surface area contributed by atoms with Crippen LogP contribution in [0.4, 0.5) is 5.69 Å². The highest BCUT2D eigenvalue weighted by molar-refractivity contribution is 7.09. The molecule has 7 nitrogen and oxygen atoms in total. The average Bonchev–Trinajstić information content (AvgIpc) is 3.04. The third-order valence-corrected chi connectivity index (χ3v) is 3.82. The van der Waals surface area contributed by atoms with E-state index in [1.54, 1.807) is 0 Å². The predicted octanol–water partition coefficient (Wildman–Crippen LogP) is 2.60. The first-order chi connectivity index (χ1) is 10.6. The molecule has 1 amide bonds. The van der Waals surface area contributed by atoms with Crippen LogP contribution < -0.4 is 14.8 Å². The van der Waals surface area contributed by atoms with Gasteiger partial charge in [-0.15, -0.1) is 11.3 Å². The van der Waals surface area contributed by atoms with Crippen molar-refractivity contribution in [2.45, 2.75) is 6.54 Å². The van der Waals surface area contributed by atoms with Gasteiger partial charge in [-0.25, -0.2) is 0 Å². The van der Waals surface area contributed by atoms with E-state index < -0.39 is 10.8 Å². The topological polar surface area (TPSA) is 90.7 Å². The molecular formula is C14H14N2O5S. The maximum absolute atomic E-state index is 12.2. The summed E-state index contributed by atoms with van der Waals surface area (Å²) >= 11 is 1.49. The summed E-state index contributed by atoms with van der Waals surface area (Å²) in [4.78, 5) is 23.7. The lowest BCUT2D eigenvalue weighted by Gasteiger charge is -2.10. The molecule has 0 bridgehead atoms. The Kier molecular flexibility index (Phi) is 4.95. The monoisotopic (exact) mass is 322 g/mol. The van der Waals surface area contributed by atoms with Crippen LogP contribution in [0.1, 0.15) is 15.2 Å². The number of nitro groups is 1. The van der Waals surface area contributed by atoms with Gasteiger partial charge in [-0.05, 0) is 11.4 Å². The number of carbonyl (C=O) groups is 1. The van der Waals surface area contributed by atoms with Gasteiger partial charge in [0.1, 0.15) is 5.56 Å². The molecule has 0 spiro atoms. The molecule has 0 unspecified atom stereocenters. The molecule has 0 saturated heterocycles. The minimum atomic E-state index is -0.623. The Morgan fingerprint density at radius 2 is 2.00 bits per heavy atom. The van der Waals surface area contributed by atoms with Crippen LogP contribution >= 0.6 is 11.3 Å². The van der Waals surface area contributed by atoms with Gasteiger partial charge >= 0.3 is 0 Å². The first-order valence-corrected chi connectivity index (χ1v) is 7.15. The van der Waals surface area contributed by atoms with Gasteiger partial charge < -0.3 is 14.8 Å². The number of amides is 1. The van der Waals surface area contributed by atoms with Crippen LogP contribution in [0.25, 0.3) is 0 Å². The Balaban J connectivity index is 2.30. The number of nitrogens with zero attached hydrogens (tertiary/aromatic N) is 1. The quantitative estimate of drug-likeness (QED) is 0.652. The molecule has 0 aliphatic heterocycles. The zero-order valence-electron chi connectivity index (χ0n) is 12.0. The van der Waals surface area contributed by atoms with Gasteiger partial charge in [0, 0.05) is 10.9 Å². The van der Waals surface area contributed by atoms with Crippen molar-refractivity contribution >= 4 is 22.9 Å². The Bertz CT molecular complexity index is 685. The summed E-state index contributed by atoms with van der Waals surface area (Å²) in [5, 5.41) is 15.7. The first-order valence-electron chi connectivity index (χ1n) is 6.27. The second kappa shape index (κ2) is 6.90. The number of hydrogen-bond acceptors (Lipinski definition) is 6. The average molecular weight is 322 g/mol. The largest absolute Gasteiger partial charge is 0.493 e. The lowest BCUT2D eigenvalue weighted by molar-refractivity contribution is -0.385. The van der Waals surface area contributed by atoms with Crippen molar-refractivity contribution in [1.82, 2.24) is 5.32 Å². The molecule has 2 aromatic rings. The van der Waals surface area contributed by atoms with Gasteiger partial charge in [0.15, 0.2) is 11.5 Å². The molecule has 116 valence electrons. The van der Waals surface area contributed by atoms with Gasteiger partial charge in [-0.1, -0.05) is 6.07 Å². The smallest absolute Gasteiger partial charge is 0.286 e. The van der Waals surface area contributed by atoms with Gasteiger partial charge in [0.05, 0.1) is 31.8 Å². The highest BCUT2D eigenvalue weighted by Gasteiger charge is 2.24. The van der Waals surface area contributed by atoms with Crippen molar-refractivity contribution in [3.05, 3.63) is 50.2 Å². The lowest BCUT2D eigenvalue weighted by atomic mass is 10.1. The van der Waals surface area contributed by atoms with E-state index in [0.29, 0.717) is 6.54 Å². The zero-order chi connectivity index (χ0) is 16.1. The summed E-state index contributed by atoms with van der Waals surface area (Å²) < 4.78 is 10.1. The molecule has 1 aromatic carbocycles. The molecule has 0 atom stereocenters. The third-order valence-electron chi connectivity index (χ3n) is 2.95. The number of nitro benzene ring substituents is 1. The first kappa shape index (κ1) is 15.8. The third kappa shape index (κ3) is 3.34. The van der Waals surface area contributed by atoms with Gasteiger partial charge in [-0.3, -0.25) is 14.9 Å². The second-order valence-electron chi connectivity index (χ2n) is 4.24. The Morgan fingerprint density at radius 3 is 2.55 bits per heavy atom. The van der Waals surface area contributed by atoms with Crippen LogP contribution in [-0.4, -0.2) is 25.1 Å². The highest BCUT2D eigenvalue weighted by atomic mass is 32.1. The number of ether oxygens (including phenoxy) is 2.